The van der Waals surface area contributed by atoms with Crippen molar-refractivity contribution in [3.8, 4) is 0 Å². The van der Waals surface area contributed by atoms with E-state index in [1.165, 1.54) is 4.88 Å². The Balaban J connectivity index is 2.16. The van der Waals surface area contributed by atoms with Gasteiger partial charge in [0.25, 0.3) is 0 Å². The van der Waals surface area contributed by atoms with Crippen LogP contribution in [0.3, 0.4) is 0 Å². The Kier molecular flexibility index (Phi) is 7.01. The number of ether oxygens (including phenoxy) is 1. The topological polar surface area (TPSA) is 74.8 Å². The molecule has 1 aromatic rings. The lowest BCUT2D eigenvalue weighted by atomic mass is 10.2. The van der Waals surface area contributed by atoms with Crippen molar-refractivity contribution in [2.75, 3.05) is 20.1 Å². The molecule has 0 aromatic carbocycles. The number of hydrogen-bond donors (Lipinski definition) is 3. The highest BCUT2D eigenvalue weighted by molar-refractivity contribution is 7.09. The van der Waals surface area contributed by atoms with Gasteiger partial charge in [0, 0.05) is 25.0 Å². The highest BCUT2D eigenvalue weighted by atomic mass is 32.1. The van der Waals surface area contributed by atoms with Gasteiger partial charge < -0.3 is 20.7 Å². The van der Waals surface area contributed by atoms with Gasteiger partial charge in [0.05, 0.1) is 6.54 Å². The minimum atomic E-state index is -0.476. The molecular formula is C14H24N4O2S. The van der Waals surface area contributed by atoms with Gasteiger partial charge in [-0.15, -0.1) is 11.3 Å². The van der Waals surface area contributed by atoms with Crippen molar-refractivity contribution < 1.29 is 9.53 Å². The van der Waals surface area contributed by atoms with Gasteiger partial charge in [-0.1, -0.05) is 6.07 Å². The zero-order valence-electron chi connectivity index (χ0n) is 13.0. The van der Waals surface area contributed by atoms with E-state index >= 15 is 0 Å². The molecule has 0 aliphatic rings. The zero-order chi connectivity index (χ0) is 15.7. The van der Waals surface area contributed by atoms with Gasteiger partial charge in [-0.2, -0.15) is 0 Å². The number of hydrogen-bond acceptors (Lipinski definition) is 4. The van der Waals surface area contributed by atoms with Crippen LogP contribution in [0.1, 0.15) is 25.6 Å². The third kappa shape index (κ3) is 8.19. The molecule has 0 saturated heterocycles. The van der Waals surface area contributed by atoms with Gasteiger partial charge in [0.15, 0.2) is 5.96 Å². The summed E-state index contributed by atoms with van der Waals surface area (Å²) in [5, 5.41) is 11.1. The Hall–Kier alpha value is -1.76. The summed E-state index contributed by atoms with van der Waals surface area (Å²) in [6, 6.07) is 4.08. The number of thiophene rings is 1. The number of aliphatic imine (C=N–C) groups is 1. The van der Waals surface area contributed by atoms with Crippen LogP contribution >= 0.6 is 11.3 Å². The molecule has 0 spiro atoms. The fourth-order valence-corrected chi connectivity index (χ4v) is 2.11. The molecule has 0 aliphatic carbocycles. The monoisotopic (exact) mass is 312 g/mol. The molecule has 7 heteroatoms. The lowest BCUT2D eigenvalue weighted by molar-refractivity contribution is 0.0529. The predicted octanol–water partition coefficient (Wildman–Crippen LogP) is 1.94. The number of alkyl carbamates (subject to hydrolysis) is 1. The number of nitrogens with zero attached hydrogens (tertiary/aromatic N) is 1. The average molecular weight is 312 g/mol. The number of rotatable bonds is 5. The molecule has 1 amide bonds. The first-order valence-electron chi connectivity index (χ1n) is 6.84. The lowest BCUT2D eigenvalue weighted by Crippen LogP contribution is -2.42. The normalized spacial score (nSPS) is 11.9. The molecule has 0 saturated carbocycles. The van der Waals surface area contributed by atoms with Gasteiger partial charge in [0.2, 0.25) is 0 Å². The summed E-state index contributed by atoms with van der Waals surface area (Å²) in [6.07, 6.45) is -0.411. The molecule has 0 radical (unpaired) electrons. The van der Waals surface area contributed by atoms with Crippen LogP contribution < -0.4 is 16.0 Å². The van der Waals surface area contributed by atoms with Crippen LogP contribution in [0, 0.1) is 0 Å². The van der Waals surface area contributed by atoms with E-state index in [0.717, 1.165) is 6.54 Å². The Morgan fingerprint density at radius 1 is 1.29 bits per heavy atom. The minimum absolute atomic E-state index is 0.411. The second kappa shape index (κ2) is 8.51. The smallest absolute Gasteiger partial charge is 0.407 e. The third-order valence-electron chi connectivity index (χ3n) is 2.32. The third-order valence-corrected chi connectivity index (χ3v) is 3.20. The van der Waals surface area contributed by atoms with Crippen LogP contribution in [-0.4, -0.2) is 37.8 Å². The average Bonchev–Trinajstić information content (AvgIpc) is 2.89. The first kappa shape index (κ1) is 17.3. The first-order valence-corrected chi connectivity index (χ1v) is 7.72. The van der Waals surface area contributed by atoms with E-state index in [2.05, 4.69) is 27.0 Å². The summed E-state index contributed by atoms with van der Waals surface area (Å²) >= 11 is 1.69. The summed E-state index contributed by atoms with van der Waals surface area (Å²) in [7, 11) is 1.71. The Morgan fingerprint density at radius 3 is 2.57 bits per heavy atom. The van der Waals surface area contributed by atoms with E-state index in [0.29, 0.717) is 19.0 Å². The predicted molar refractivity (Wildman–Crippen MR) is 86.8 cm³/mol. The highest BCUT2D eigenvalue weighted by Gasteiger charge is 2.15. The Bertz CT molecular complexity index is 452. The van der Waals surface area contributed by atoms with Crippen LogP contribution in [0.5, 0.6) is 0 Å². The van der Waals surface area contributed by atoms with Gasteiger partial charge in [0.1, 0.15) is 5.60 Å². The fraction of sp³-hybridized carbons (Fsp3) is 0.571. The van der Waals surface area contributed by atoms with Crippen molar-refractivity contribution in [3.05, 3.63) is 22.4 Å². The van der Waals surface area contributed by atoms with E-state index in [1.807, 2.05) is 32.2 Å². The Morgan fingerprint density at radius 2 is 2.00 bits per heavy atom. The second-order valence-corrected chi connectivity index (χ2v) is 6.39. The van der Waals surface area contributed by atoms with Crippen molar-refractivity contribution in [1.82, 2.24) is 16.0 Å². The Labute approximate surface area is 130 Å². The molecule has 118 valence electrons. The molecule has 0 atom stereocenters. The summed E-state index contributed by atoms with van der Waals surface area (Å²) < 4.78 is 5.15. The van der Waals surface area contributed by atoms with Crippen LogP contribution in [-0.2, 0) is 11.3 Å². The molecule has 0 aliphatic heterocycles. The summed E-state index contributed by atoms with van der Waals surface area (Å²) in [5.41, 5.74) is -0.476. The van der Waals surface area contributed by atoms with Crippen molar-refractivity contribution in [2.45, 2.75) is 32.9 Å². The highest BCUT2D eigenvalue weighted by Crippen LogP contribution is 2.07. The standard InChI is InChI=1S/C14H24N4O2S/c1-14(2,3)20-13(19)17-8-7-16-12(15-4)18-10-11-6-5-9-21-11/h5-6,9H,7-8,10H2,1-4H3,(H,17,19)(H2,15,16,18). The number of nitrogens with one attached hydrogen (secondary N) is 3. The van der Waals surface area contributed by atoms with Crippen LogP contribution in [0.25, 0.3) is 0 Å². The molecule has 1 heterocycles. The zero-order valence-corrected chi connectivity index (χ0v) is 13.8. The van der Waals surface area contributed by atoms with E-state index in [4.69, 9.17) is 4.74 Å². The molecular weight excluding hydrogens is 288 g/mol. The maximum atomic E-state index is 11.4. The summed E-state index contributed by atoms with van der Waals surface area (Å²) in [4.78, 5) is 16.8. The SMILES string of the molecule is CN=C(NCCNC(=O)OC(C)(C)C)NCc1cccs1. The molecule has 6 nitrogen and oxygen atoms in total. The van der Waals surface area contributed by atoms with Gasteiger partial charge in [-0.05, 0) is 32.2 Å². The number of carbonyl (C=O) groups is 1. The van der Waals surface area contributed by atoms with E-state index in [-0.39, 0.29) is 0 Å². The number of amides is 1. The van der Waals surface area contributed by atoms with Gasteiger partial charge >= 0.3 is 6.09 Å². The summed E-state index contributed by atoms with van der Waals surface area (Å²) in [6.45, 7) is 7.28. The molecule has 0 bridgehead atoms. The molecule has 0 unspecified atom stereocenters. The molecule has 21 heavy (non-hydrogen) atoms. The van der Waals surface area contributed by atoms with Crippen LogP contribution in [0.4, 0.5) is 4.79 Å². The van der Waals surface area contributed by atoms with Crippen molar-refractivity contribution >= 4 is 23.4 Å². The van der Waals surface area contributed by atoms with Crippen LogP contribution in [0.15, 0.2) is 22.5 Å². The summed E-state index contributed by atoms with van der Waals surface area (Å²) in [5.74, 6) is 0.703. The lowest BCUT2D eigenvalue weighted by Gasteiger charge is -2.19. The quantitative estimate of drug-likeness (QED) is 0.441. The fourth-order valence-electron chi connectivity index (χ4n) is 1.46. The molecule has 1 aromatic heterocycles. The van der Waals surface area contributed by atoms with E-state index in [9.17, 15) is 4.79 Å². The molecule has 1 rings (SSSR count). The van der Waals surface area contributed by atoms with Gasteiger partial charge in [-0.25, -0.2) is 4.79 Å². The van der Waals surface area contributed by atoms with Crippen molar-refractivity contribution in [1.29, 1.82) is 0 Å². The van der Waals surface area contributed by atoms with Crippen molar-refractivity contribution in [3.63, 3.8) is 0 Å². The first-order chi connectivity index (χ1) is 9.90. The minimum Gasteiger partial charge on any atom is -0.444 e. The van der Waals surface area contributed by atoms with Gasteiger partial charge in [-0.3, -0.25) is 4.99 Å². The second-order valence-electron chi connectivity index (χ2n) is 5.36. The number of carbonyl (C=O) groups excluding carboxylic acids is 1. The van der Waals surface area contributed by atoms with E-state index in [1.54, 1.807) is 18.4 Å². The largest absolute Gasteiger partial charge is 0.444 e. The molecule has 0 fully saturated rings. The van der Waals surface area contributed by atoms with Crippen molar-refractivity contribution in [2.24, 2.45) is 4.99 Å². The molecule has 3 N–H and O–H groups in total. The van der Waals surface area contributed by atoms with E-state index < -0.39 is 11.7 Å². The van der Waals surface area contributed by atoms with Crippen LogP contribution in [0.2, 0.25) is 0 Å². The maximum Gasteiger partial charge on any atom is 0.407 e. The number of guanidine groups is 1. The maximum absolute atomic E-state index is 11.4.